The number of hydrogen-bond donors (Lipinski definition) is 0. The summed E-state index contributed by atoms with van der Waals surface area (Å²) in [7, 11) is 0. The second kappa shape index (κ2) is 8.04. The van der Waals surface area contributed by atoms with Gasteiger partial charge in [0.15, 0.2) is 5.75 Å². The molecule has 0 spiro atoms. The minimum atomic E-state index is -0.138. The lowest BCUT2D eigenvalue weighted by atomic mass is 10.1. The Bertz CT molecular complexity index is 714. The fourth-order valence-electron chi connectivity index (χ4n) is 2.22. The largest absolute Gasteiger partial charge is 0.488 e. The Balaban J connectivity index is 2.11. The van der Waals surface area contributed by atoms with Gasteiger partial charge in [-0.15, -0.1) is 0 Å². The highest BCUT2D eigenvalue weighted by molar-refractivity contribution is 5.33. The summed E-state index contributed by atoms with van der Waals surface area (Å²) in [6.45, 7) is 3.13. The van der Waals surface area contributed by atoms with Crippen molar-refractivity contribution in [3.63, 3.8) is 0 Å². The maximum absolute atomic E-state index is 12.4. The van der Waals surface area contributed by atoms with Crippen LogP contribution in [0.2, 0.25) is 0 Å². The van der Waals surface area contributed by atoms with Crippen molar-refractivity contribution in [1.29, 1.82) is 5.26 Å². The third kappa shape index (κ3) is 4.23. The third-order valence-corrected chi connectivity index (χ3v) is 3.40. The molecule has 114 valence electrons. The Morgan fingerprint density at radius 2 is 2.09 bits per heavy atom. The van der Waals surface area contributed by atoms with E-state index in [0.717, 1.165) is 24.8 Å². The van der Waals surface area contributed by atoms with Gasteiger partial charge in [-0.05, 0) is 36.2 Å². The Kier molecular flexibility index (Phi) is 5.79. The quantitative estimate of drug-likeness (QED) is 0.736. The van der Waals surface area contributed by atoms with Crippen LogP contribution in [0.4, 0.5) is 0 Å². The smallest absolute Gasteiger partial charge is 0.293 e. The topological polar surface area (TPSA) is 55.0 Å². The van der Waals surface area contributed by atoms with Crippen LogP contribution in [0.15, 0.2) is 47.4 Å². The summed E-state index contributed by atoms with van der Waals surface area (Å²) < 4.78 is 7.18. The fraction of sp³-hybridized carbons (Fsp3) is 0.333. The molecule has 0 aliphatic rings. The maximum Gasteiger partial charge on any atom is 0.293 e. The van der Waals surface area contributed by atoms with Crippen LogP contribution in [0.5, 0.6) is 5.75 Å². The summed E-state index contributed by atoms with van der Waals surface area (Å²) in [4.78, 5) is 12.4. The van der Waals surface area contributed by atoms with Gasteiger partial charge in [0.05, 0.1) is 24.8 Å². The average molecular weight is 296 g/mol. The fourth-order valence-corrected chi connectivity index (χ4v) is 2.22. The third-order valence-electron chi connectivity index (χ3n) is 3.40. The summed E-state index contributed by atoms with van der Waals surface area (Å²) in [6, 6.07) is 12.9. The van der Waals surface area contributed by atoms with E-state index >= 15 is 0 Å². The van der Waals surface area contributed by atoms with Crippen LogP contribution in [0.3, 0.4) is 0 Å². The van der Waals surface area contributed by atoms with E-state index in [2.05, 4.69) is 13.0 Å². The van der Waals surface area contributed by atoms with Gasteiger partial charge >= 0.3 is 0 Å². The zero-order chi connectivity index (χ0) is 15.8. The summed E-state index contributed by atoms with van der Waals surface area (Å²) in [5.41, 5.74) is 1.38. The van der Waals surface area contributed by atoms with Crippen LogP contribution in [-0.4, -0.2) is 11.2 Å². The molecule has 1 aromatic heterocycles. The van der Waals surface area contributed by atoms with E-state index in [-0.39, 0.29) is 5.56 Å². The van der Waals surface area contributed by atoms with Crippen LogP contribution in [0.25, 0.3) is 0 Å². The summed E-state index contributed by atoms with van der Waals surface area (Å²) >= 11 is 0. The van der Waals surface area contributed by atoms with Crippen LogP contribution in [-0.2, 0) is 6.54 Å². The molecule has 2 aromatic rings. The molecule has 1 heterocycles. The lowest BCUT2D eigenvalue weighted by Gasteiger charge is -2.09. The molecule has 0 saturated heterocycles. The Hall–Kier alpha value is -2.54. The van der Waals surface area contributed by atoms with Crippen molar-refractivity contribution in [3.05, 3.63) is 64.1 Å². The molecule has 0 fully saturated rings. The number of nitriles is 1. The van der Waals surface area contributed by atoms with Gasteiger partial charge in [-0.25, -0.2) is 0 Å². The Morgan fingerprint density at radius 1 is 1.23 bits per heavy atom. The summed E-state index contributed by atoms with van der Waals surface area (Å²) in [6.07, 6.45) is 4.91. The number of benzene rings is 1. The van der Waals surface area contributed by atoms with Gasteiger partial charge in [0.1, 0.15) is 0 Å². The number of aromatic nitrogens is 1. The molecule has 0 bridgehead atoms. The second-order valence-electron chi connectivity index (χ2n) is 5.17. The molecule has 22 heavy (non-hydrogen) atoms. The molecule has 0 saturated carbocycles. The molecular weight excluding hydrogens is 276 g/mol. The first-order valence-electron chi connectivity index (χ1n) is 7.56. The van der Waals surface area contributed by atoms with Crippen LogP contribution in [0.1, 0.15) is 37.3 Å². The number of unbranched alkanes of at least 4 members (excludes halogenated alkanes) is 2. The molecule has 1 aromatic carbocycles. The molecule has 4 heteroatoms. The number of ether oxygens (including phenoxy) is 1. The summed E-state index contributed by atoms with van der Waals surface area (Å²) in [5, 5.41) is 8.93. The molecule has 0 amide bonds. The van der Waals surface area contributed by atoms with E-state index in [4.69, 9.17) is 10.00 Å². The van der Waals surface area contributed by atoms with Gasteiger partial charge < -0.3 is 9.30 Å². The lowest BCUT2D eigenvalue weighted by Crippen LogP contribution is -2.22. The highest BCUT2D eigenvalue weighted by Crippen LogP contribution is 2.08. The Labute approximate surface area is 130 Å². The molecule has 0 aliphatic heterocycles. The number of nitrogens with zero attached hydrogens (tertiary/aromatic N) is 2. The van der Waals surface area contributed by atoms with Gasteiger partial charge in [0.25, 0.3) is 5.56 Å². The minimum Gasteiger partial charge on any atom is -0.488 e. The first kappa shape index (κ1) is 15.8. The molecule has 0 N–H and O–H groups in total. The van der Waals surface area contributed by atoms with Crippen LogP contribution in [0, 0.1) is 11.3 Å². The minimum absolute atomic E-state index is 0.138. The molecule has 0 unspecified atom stereocenters. The number of pyridine rings is 1. The van der Waals surface area contributed by atoms with Crippen molar-refractivity contribution in [1.82, 2.24) is 4.57 Å². The average Bonchev–Trinajstić information content (AvgIpc) is 2.55. The van der Waals surface area contributed by atoms with E-state index in [9.17, 15) is 4.79 Å². The van der Waals surface area contributed by atoms with Crippen molar-refractivity contribution < 1.29 is 4.74 Å². The van der Waals surface area contributed by atoms with Crippen molar-refractivity contribution >= 4 is 0 Å². The van der Waals surface area contributed by atoms with E-state index in [0.29, 0.717) is 24.5 Å². The molecule has 0 radical (unpaired) electrons. The van der Waals surface area contributed by atoms with Gasteiger partial charge in [0, 0.05) is 6.20 Å². The predicted octanol–water partition coefficient (Wildman–Crippen LogP) is 3.34. The maximum atomic E-state index is 12.4. The first-order valence-corrected chi connectivity index (χ1v) is 7.56. The van der Waals surface area contributed by atoms with Gasteiger partial charge in [-0.2, -0.15) is 5.26 Å². The van der Waals surface area contributed by atoms with Gasteiger partial charge in [0.2, 0.25) is 0 Å². The van der Waals surface area contributed by atoms with Crippen LogP contribution < -0.4 is 10.3 Å². The molecule has 2 rings (SSSR count). The molecule has 0 atom stereocenters. The first-order chi connectivity index (χ1) is 10.7. The van der Waals surface area contributed by atoms with Crippen molar-refractivity contribution in [2.75, 3.05) is 6.61 Å². The Morgan fingerprint density at radius 3 is 2.86 bits per heavy atom. The summed E-state index contributed by atoms with van der Waals surface area (Å²) in [5.74, 6) is 0.384. The van der Waals surface area contributed by atoms with E-state index < -0.39 is 0 Å². The zero-order valence-electron chi connectivity index (χ0n) is 12.8. The number of rotatable bonds is 7. The lowest BCUT2D eigenvalue weighted by molar-refractivity contribution is 0.300. The molecule has 4 nitrogen and oxygen atoms in total. The van der Waals surface area contributed by atoms with Crippen LogP contribution >= 0.6 is 0 Å². The highest BCUT2D eigenvalue weighted by Gasteiger charge is 2.05. The normalized spacial score (nSPS) is 10.2. The molecule has 0 aliphatic carbocycles. The predicted molar refractivity (Wildman–Crippen MR) is 86.0 cm³/mol. The SMILES string of the molecule is CCCCCOc1cccn(Cc2cccc(C#N)c2)c1=O. The monoisotopic (exact) mass is 296 g/mol. The van der Waals surface area contributed by atoms with E-state index in [1.54, 1.807) is 29.0 Å². The van der Waals surface area contributed by atoms with E-state index in [1.807, 2.05) is 18.2 Å². The second-order valence-corrected chi connectivity index (χ2v) is 5.17. The van der Waals surface area contributed by atoms with Crippen molar-refractivity contribution in [2.45, 2.75) is 32.7 Å². The van der Waals surface area contributed by atoms with Crippen molar-refractivity contribution in [3.8, 4) is 11.8 Å². The van der Waals surface area contributed by atoms with Crippen molar-refractivity contribution in [2.24, 2.45) is 0 Å². The molecular formula is C18H20N2O2. The van der Waals surface area contributed by atoms with Gasteiger partial charge in [-0.1, -0.05) is 31.9 Å². The highest BCUT2D eigenvalue weighted by atomic mass is 16.5. The van der Waals surface area contributed by atoms with E-state index in [1.165, 1.54) is 0 Å². The number of hydrogen-bond acceptors (Lipinski definition) is 3. The zero-order valence-corrected chi connectivity index (χ0v) is 12.8. The standard InChI is InChI=1S/C18H20N2O2/c1-2-3-4-11-22-17-9-6-10-20(18(17)21)14-16-8-5-7-15(12-16)13-19/h5-10,12H,2-4,11,14H2,1H3. The van der Waals surface area contributed by atoms with Gasteiger partial charge in [-0.3, -0.25) is 4.79 Å².